The van der Waals surface area contributed by atoms with Crippen molar-refractivity contribution in [3.63, 3.8) is 0 Å². The van der Waals surface area contributed by atoms with Crippen LogP contribution in [-0.4, -0.2) is 25.7 Å². The van der Waals surface area contributed by atoms with E-state index in [0.717, 1.165) is 34.5 Å². The summed E-state index contributed by atoms with van der Waals surface area (Å²) in [7, 11) is 3.36. The Kier molecular flexibility index (Phi) is 3.98. The van der Waals surface area contributed by atoms with E-state index in [1.54, 1.807) is 14.2 Å². The Morgan fingerprint density at radius 3 is 2.67 bits per heavy atom. The molecule has 0 bridgehead atoms. The van der Waals surface area contributed by atoms with Gasteiger partial charge in [-0.25, -0.2) is 0 Å². The molecule has 1 aliphatic heterocycles. The molecule has 0 radical (unpaired) electrons. The van der Waals surface area contributed by atoms with Gasteiger partial charge in [-0.1, -0.05) is 18.2 Å². The van der Waals surface area contributed by atoms with Crippen LogP contribution < -0.4 is 14.8 Å². The Morgan fingerprint density at radius 1 is 1.08 bits per heavy atom. The molecule has 0 aliphatic carbocycles. The molecule has 0 fully saturated rings. The number of hydrogen-bond donors (Lipinski definition) is 2. The van der Waals surface area contributed by atoms with E-state index in [1.165, 1.54) is 22.2 Å². The maximum atomic E-state index is 5.63. The van der Waals surface area contributed by atoms with Gasteiger partial charge in [-0.15, -0.1) is 0 Å². The Balaban J connectivity index is 1.89. The van der Waals surface area contributed by atoms with Crippen LogP contribution in [0.4, 0.5) is 0 Å². The number of hydrogen-bond acceptors (Lipinski definition) is 3. The van der Waals surface area contributed by atoms with Crippen molar-refractivity contribution in [3.05, 3.63) is 57.7 Å². The van der Waals surface area contributed by atoms with Crippen LogP contribution in [0.2, 0.25) is 0 Å². The van der Waals surface area contributed by atoms with Gasteiger partial charge in [-0.05, 0) is 40.0 Å². The molecule has 0 saturated heterocycles. The topological polar surface area (TPSA) is 46.3 Å². The third-order valence-corrected chi connectivity index (χ3v) is 5.29. The predicted octanol–water partition coefficient (Wildman–Crippen LogP) is 4.18. The molecule has 1 atom stereocenters. The summed E-state index contributed by atoms with van der Waals surface area (Å²) < 4.78 is 11.9. The lowest BCUT2D eigenvalue weighted by atomic mass is 9.93. The van der Waals surface area contributed by atoms with Crippen molar-refractivity contribution in [2.24, 2.45) is 0 Å². The van der Waals surface area contributed by atoms with Crippen LogP contribution in [0, 0.1) is 0 Å². The van der Waals surface area contributed by atoms with E-state index in [-0.39, 0.29) is 6.04 Å². The van der Waals surface area contributed by atoms with Crippen LogP contribution in [-0.2, 0) is 6.42 Å². The van der Waals surface area contributed by atoms with E-state index >= 15 is 0 Å². The molecular formula is C19H19BrN2O2. The number of halogens is 1. The van der Waals surface area contributed by atoms with E-state index in [0.29, 0.717) is 0 Å². The second-order valence-corrected chi connectivity index (χ2v) is 6.78. The number of benzene rings is 2. The summed E-state index contributed by atoms with van der Waals surface area (Å²) in [6, 6.07) is 12.6. The van der Waals surface area contributed by atoms with E-state index < -0.39 is 0 Å². The number of H-pyrrole nitrogens is 1. The van der Waals surface area contributed by atoms with Gasteiger partial charge in [0.2, 0.25) is 0 Å². The summed E-state index contributed by atoms with van der Waals surface area (Å²) in [5.41, 5.74) is 4.89. The zero-order valence-corrected chi connectivity index (χ0v) is 15.2. The van der Waals surface area contributed by atoms with Gasteiger partial charge < -0.3 is 19.8 Å². The first-order valence-corrected chi connectivity index (χ1v) is 8.76. The molecular weight excluding hydrogens is 368 g/mol. The molecule has 2 heterocycles. The van der Waals surface area contributed by atoms with E-state index in [4.69, 9.17) is 9.47 Å². The van der Waals surface area contributed by atoms with Crippen molar-refractivity contribution in [1.29, 1.82) is 0 Å². The van der Waals surface area contributed by atoms with Crippen molar-refractivity contribution < 1.29 is 9.47 Å². The molecule has 0 saturated carbocycles. The lowest BCUT2D eigenvalue weighted by Gasteiger charge is -2.26. The average molecular weight is 387 g/mol. The molecule has 3 aromatic rings. The highest BCUT2D eigenvalue weighted by molar-refractivity contribution is 9.10. The summed E-state index contributed by atoms with van der Waals surface area (Å²) in [6.07, 6.45) is 1.02. The van der Waals surface area contributed by atoms with Gasteiger partial charge in [-0.2, -0.15) is 0 Å². The summed E-state index contributed by atoms with van der Waals surface area (Å²) in [4.78, 5) is 3.60. The smallest absolute Gasteiger partial charge is 0.136 e. The highest BCUT2D eigenvalue weighted by Gasteiger charge is 2.28. The molecule has 0 spiro atoms. The standard InChI is InChI=1S/C19H19BrN2O2/c1-23-16-10-17(24-2)14(20)9-13(16)18-19-12(7-8-21-18)11-5-3-4-6-15(11)22-19/h3-6,9-10,18,21-22H,7-8H2,1-2H3. The predicted molar refractivity (Wildman–Crippen MR) is 99.1 cm³/mol. The first-order chi connectivity index (χ1) is 11.7. The summed E-state index contributed by atoms with van der Waals surface area (Å²) in [5, 5.41) is 4.93. The molecule has 1 unspecified atom stereocenters. The van der Waals surface area contributed by atoms with Gasteiger partial charge >= 0.3 is 0 Å². The Morgan fingerprint density at radius 2 is 1.88 bits per heavy atom. The van der Waals surface area contributed by atoms with Crippen LogP contribution >= 0.6 is 15.9 Å². The number of methoxy groups -OCH3 is 2. The highest BCUT2D eigenvalue weighted by Crippen LogP contribution is 2.41. The fourth-order valence-corrected chi connectivity index (χ4v) is 4.08. The second-order valence-electron chi connectivity index (χ2n) is 5.93. The minimum Gasteiger partial charge on any atom is -0.496 e. The van der Waals surface area contributed by atoms with Gasteiger partial charge in [0.15, 0.2) is 0 Å². The molecule has 2 N–H and O–H groups in total. The zero-order chi connectivity index (χ0) is 16.7. The van der Waals surface area contributed by atoms with Crippen molar-refractivity contribution in [2.45, 2.75) is 12.5 Å². The number of fused-ring (bicyclic) bond motifs is 3. The first-order valence-electron chi connectivity index (χ1n) is 7.97. The molecule has 2 aromatic carbocycles. The van der Waals surface area contributed by atoms with Crippen molar-refractivity contribution in [1.82, 2.24) is 10.3 Å². The van der Waals surface area contributed by atoms with Gasteiger partial charge in [-0.3, -0.25) is 0 Å². The van der Waals surface area contributed by atoms with Gasteiger partial charge in [0.05, 0.1) is 24.7 Å². The van der Waals surface area contributed by atoms with Crippen LogP contribution in [0.25, 0.3) is 10.9 Å². The Bertz CT molecular complexity index is 904. The summed E-state index contributed by atoms with van der Waals surface area (Å²) in [6.45, 7) is 0.937. The van der Waals surface area contributed by atoms with Crippen LogP contribution in [0.5, 0.6) is 11.5 Å². The lowest BCUT2D eigenvalue weighted by molar-refractivity contribution is 0.384. The number of nitrogens with one attached hydrogen (secondary N) is 2. The SMILES string of the molecule is COc1cc(OC)c(C2NCCc3c2[nH]c2ccccc32)cc1Br. The van der Waals surface area contributed by atoms with Crippen LogP contribution in [0.1, 0.15) is 22.9 Å². The van der Waals surface area contributed by atoms with Gasteiger partial charge in [0.25, 0.3) is 0 Å². The molecule has 0 amide bonds. The third-order valence-electron chi connectivity index (χ3n) is 4.67. The normalized spacial score (nSPS) is 16.9. The molecule has 4 rings (SSSR count). The number of rotatable bonds is 3. The number of aromatic nitrogens is 1. The largest absolute Gasteiger partial charge is 0.496 e. The third kappa shape index (κ3) is 2.39. The summed E-state index contributed by atoms with van der Waals surface area (Å²) in [5.74, 6) is 1.59. The summed E-state index contributed by atoms with van der Waals surface area (Å²) >= 11 is 3.59. The maximum absolute atomic E-state index is 5.63. The van der Waals surface area contributed by atoms with E-state index in [9.17, 15) is 0 Å². The fraction of sp³-hybridized carbons (Fsp3) is 0.263. The highest BCUT2D eigenvalue weighted by atomic mass is 79.9. The maximum Gasteiger partial charge on any atom is 0.136 e. The second kappa shape index (κ2) is 6.15. The molecule has 1 aromatic heterocycles. The monoisotopic (exact) mass is 386 g/mol. The lowest BCUT2D eigenvalue weighted by Crippen LogP contribution is -2.30. The molecule has 24 heavy (non-hydrogen) atoms. The Hall–Kier alpha value is -1.98. The molecule has 1 aliphatic rings. The van der Waals surface area contributed by atoms with Crippen LogP contribution in [0.15, 0.2) is 40.9 Å². The van der Waals surface area contributed by atoms with Crippen molar-refractivity contribution in [2.75, 3.05) is 20.8 Å². The number of para-hydroxylation sites is 1. The fourth-order valence-electron chi connectivity index (χ4n) is 3.55. The van der Waals surface area contributed by atoms with Crippen molar-refractivity contribution in [3.8, 4) is 11.5 Å². The van der Waals surface area contributed by atoms with E-state index in [1.807, 2.05) is 6.07 Å². The quantitative estimate of drug-likeness (QED) is 0.709. The Labute approximate surface area is 149 Å². The average Bonchev–Trinajstić information content (AvgIpc) is 3.00. The zero-order valence-electron chi connectivity index (χ0n) is 13.7. The molecule has 4 nitrogen and oxygen atoms in total. The van der Waals surface area contributed by atoms with Crippen molar-refractivity contribution >= 4 is 26.8 Å². The van der Waals surface area contributed by atoms with E-state index in [2.05, 4.69) is 56.6 Å². The van der Waals surface area contributed by atoms with Gasteiger partial charge in [0.1, 0.15) is 11.5 Å². The molecule has 5 heteroatoms. The number of ether oxygens (including phenoxy) is 2. The molecule has 124 valence electrons. The van der Waals surface area contributed by atoms with Gasteiger partial charge in [0, 0.05) is 34.8 Å². The van der Waals surface area contributed by atoms with Crippen LogP contribution in [0.3, 0.4) is 0 Å². The minimum atomic E-state index is 0.0679. The first kappa shape index (κ1) is 15.5. The minimum absolute atomic E-state index is 0.0679. The number of aromatic amines is 1.